The summed E-state index contributed by atoms with van der Waals surface area (Å²) in [6, 6.07) is 7.52. The second-order valence-electron chi connectivity index (χ2n) is 3.63. The van der Waals surface area contributed by atoms with Crippen LogP contribution in [0.4, 0.5) is 5.69 Å². The zero-order valence-electron chi connectivity index (χ0n) is 10.2. The van der Waals surface area contributed by atoms with Crippen molar-refractivity contribution in [1.29, 1.82) is 0 Å². The summed E-state index contributed by atoms with van der Waals surface area (Å²) in [4.78, 5) is 22.2. The summed E-state index contributed by atoms with van der Waals surface area (Å²) in [5.74, 6) is -0.640. The SMILES string of the molecule is CC.NC(=O)CCC1C(=O)Nc2ccccc21. The van der Waals surface area contributed by atoms with Crippen LogP contribution in [0.3, 0.4) is 0 Å². The van der Waals surface area contributed by atoms with Crippen LogP contribution in [0, 0.1) is 0 Å². The molecule has 0 saturated carbocycles. The Morgan fingerprint density at radius 1 is 1.35 bits per heavy atom. The molecular weight excluding hydrogens is 216 g/mol. The highest BCUT2D eigenvalue weighted by molar-refractivity contribution is 6.03. The number of fused-ring (bicyclic) bond motifs is 1. The molecule has 1 aliphatic heterocycles. The van der Waals surface area contributed by atoms with Gasteiger partial charge >= 0.3 is 0 Å². The molecule has 3 N–H and O–H groups in total. The Labute approximate surface area is 101 Å². The predicted molar refractivity (Wildman–Crippen MR) is 67.6 cm³/mol. The molecule has 17 heavy (non-hydrogen) atoms. The van der Waals surface area contributed by atoms with Crippen LogP contribution in [0.5, 0.6) is 0 Å². The first-order chi connectivity index (χ1) is 8.18. The van der Waals surface area contributed by atoms with Gasteiger partial charge in [0.25, 0.3) is 0 Å². The van der Waals surface area contributed by atoms with Gasteiger partial charge in [-0.05, 0) is 18.1 Å². The number of rotatable bonds is 3. The van der Waals surface area contributed by atoms with Crippen molar-refractivity contribution >= 4 is 17.5 Å². The van der Waals surface area contributed by atoms with Crippen LogP contribution in [-0.2, 0) is 9.59 Å². The van der Waals surface area contributed by atoms with Gasteiger partial charge in [-0.1, -0.05) is 32.0 Å². The summed E-state index contributed by atoms with van der Waals surface area (Å²) >= 11 is 0. The lowest BCUT2D eigenvalue weighted by molar-refractivity contribution is -0.119. The zero-order valence-corrected chi connectivity index (χ0v) is 10.2. The fourth-order valence-electron chi connectivity index (χ4n) is 1.85. The molecule has 1 aliphatic rings. The maximum absolute atomic E-state index is 11.6. The maximum atomic E-state index is 11.6. The Morgan fingerprint density at radius 2 is 2.00 bits per heavy atom. The Balaban J connectivity index is 0.000000686. The standard InChI is InChI=1S/C11H12N2O2.C2H6/c12-10(14)6-5-8-7-3-1-2-4-9(7)13-11(8)15;1-2/h1-4,8H,5-6H2,(H2,12,14)(H,13,15);1-2H3. The number of benzene rings is 1. The summed E-state index contributed by atoms with van der Waals surface area (Å²) in [7, 11) is 0. The molecule has 4 heteroatoms. The lowest BCUT2D eigenvalue weighted by Gasteiger charge is -2.06. The fourth-order valence-corrected chi connectivity index (χ4v) is 1.85. The number of primary amides is 1. The Bertz CT molecular complexity index is 416. The van der Waals surface area contributed by atoms with Crippen molar-refractivity contribution in [2.45, 2.75) is 32.6 Å². The van der Waals surface area contributed by atoms with Gasteiger partial charge in [0.1, 0.15) is 0 Å². The number of hydrogen-bond donors (Lipinski definition) is 2. The van der Waals surface area contributed by atoms with E-state index in [1.807, 2.05) is 38.1 Å². The second-order valence-corrected chi connectivity index (χ2v) is 3.63. The molecule has 1 heterocycles. The number of para-hydroxylation sites is 1. The molecule has 0 aliphatic carbocycles. The molecule has 1 aromatic rings. The smallest absolute Gasteiger partial charge is 0.232 e. The van der Waals surface area contributed by atoms with Crippen LogP contribution in [0.2, 0.25) is 0 Å². The Hall–Kier alpha value is -1.84. The van der Waals surface area contributed by atoms with Gasteiger partial charge in [-0.3, -0.25) is 9.59 Å². The van der Waals surface area contributed by atoms with Gasteiger partial charge in [0.2, 0.25) is 11.8 Å². The summed E-state index contributed by atoms with van der Waals surface area (Å²) in [5, 5.41) is 2.78. The van der Waals surface area contributed by atoms with Gasteiger partial charge in [0, 0.05) is 12.1 Å². The highest BCUT2D eigenvalue weighted by Crippen LogP contribution is 2.34. The molecule has 4 nitrogen and oxygen atoms in total. The minimum absolute atomic E-state index is 0.0440. The van der Waals surface area contributed by atoms with E-state index in [1.54, 1.807) is 0 Å². The number of nitrogens with two attached hydrogens (primary N) is 1. The van der Waals surface area contributed by atoms with E-state index in [1.165, 1.54) is 0 Å². The van der Waals surface area contributed by atoms with Crippen LogP contribution < -0.4 is 11.1 Å². The van der Waals surface area contributed by atoms with Gasteiger partial charge in [-0.2, -0.15) is 0 Å². The van der Waals surface area contributed by atoms with E-state index in [2.05, 4.69) is 5.32 Å². The van der Waals surface area contributed by atoms with Crippen LogP contribution in [0.25, 0.3) is 0 Å². The lowest BCUT2D eigenvalue weighted by Crippen LogP contribution is -2.16. The van der Waals surface area contributed by atoms with Crippen molar-refractivity contribution in [3.05, 3.63) is 29.8 Å². The third kappa shape index (κ3) is 3.06. The normalized spacial score (nSPS) is 16.6. The molecular formula is C13H18N2O2. The molecule has 0 saturated heterocycles. The van der Waals surface area contributed by atoms with Crippen LogP contribution in [0.1, 0.15) is 38.2 Å². The number of anilines is 1. The first-order valence-corrected chi connectivity index (χ1v) is 5.86. The average Bonchev–Trinajstić information content (AvgIpc) is 2.65. The van der Waals surface area contributed by atoms with Crippen molar-refractivity contribution in [2.75, 3.05) is 5.32 Å². The van der Waals surface area contributed by atoms with Crippen molar-refractivity contribution in [3.8, 4) is 0 Å². The predicted octanol–water partition coefficient (Wildman–Crippen LogP) is 2.01. The van der Waals surface area contributed by atoms with E-state index in [-0.39, 0.29) is 24.2 Å². The zero-order chi connectivity index (χ0) is 12.8. The second kappa shape index (κ2) is 6.03. The van der Waals surface area contributed by atoms with Crippen LogP contribution >= 0.6 is 0 Å². The Morgan fingerprint density at radius 3 is 2.65 bits per heavy atom. The minimum Gasteiger partial charge on any atom is -0.370 e. The minimum atomic E-state index is -0.368. The molecule has 0 aromatic heterocycles. The molecule has 1 aromatic carbocycles. The number of hydrogen-bond acceptors (Lipinski definition) is 2. The van der Waals surface area contributed by atoms with Gasteiger partial charge in [-0.25, -0.2) is 0 Å². The summed E-state index contributed by atoms with van der Waals surface area (Å²) < 4.78 is 0. The number of carbonyl (C=O) groups is 2. The molecule has 1 unspecified atom stereocenters. The quantitative estimate of drug-likeness (QED) is 0.839. The van der Waals surface area contributed by atoms with Gasteiger partial charge < -0.3 is 11.1 Å². The summed E-state index contributed by atoms with van der Waals surface area (Å²) in [6.45, 7) is 4.00. The van der Waals surface area contributed by atoms with Crippen LogP contribution in [-0.4, -0.2) is 11.8 Å². The lowest BCUT2D eigenvalue weighted by atomic mass is 9.96. The number of amides is 2. The molecule has 0 radical (unpaired) electrons. The molecule has 2 rings (SSSR count). The van der Waals surface area contributed by atoms with Gasteiger partial charge in [-0.15, -0.1) is 0 Å². The topological polar surface area (TPSA) is 72.2 Å². The third-order valence-electron chi connectivity index (χ3n) is 2.59. The van der Waals surface area contributed by atoms with E-state index in [0.717, 1.165) is 11.3 Å². The van der Waals surface area contributed by atoms with E-state index in [0.29, 0.717) is 6.42 Å². The number of carbonyl (C=O) groups excluding carboxylic acids is 2. The monoisotopic (exact) mass is 234 g/mol. The first kappa shape index (κ1) is 13.2. The molecule has 2 amide bonds. The average molecular weight is 234 g/mol. The van der Waals surface area contributed by atoms with Crippen molar-refractivity contribution < 1.29 is 9.59 Å². The third-order valence-corrected chi connectivity index (χ3v) is 2.59. The highest BCUT2D eigenvalue weighted by atomic mass is 16.2. The van der Waals surface area contributed by atoms with Gasteiger partial charge in [0.05, 0.1) is 5.92 Å². The van der Waals surface area contributed by atoms with E-state index >= 15 is 0 Å². The molecule has 0 fully saturated rings. The molecule has 0 bridgehead atoms. The van der Waals surface area contributed by atoms with E-state index in [9.17, 15) is 9.59 Å². The van der Waals surface area contributed by atoms with E-state index in [4.69, 9.17) is 5.73 Å². The maximum Gasteiger partial charge on any atom is 0.232 e. The summed E-state index contributed by atoms with van der Waals surface area (Å²) in [6.07, 6.45) is 0.727. The highest BCUT2D eigenvalue weighted by Gasteiger charge is 2.29. The molecule has 92 valence electrons. The van der Waals surface area contributed by atoms with E-state index < -0.39 is 0 Å². The first-order valence-electron chi connectivity index (χ1n) is 5.86. The van der Waals surface area contributed by atoms with Crippen molar-refractivity contribution in [1.82, 2.24) is 0 Å². The molecule has 0 spiro atoms. The largest absolute Gasteiger partial charge is 0.370 e. The van der Waals surface area contributed by atoms with Crippen molar-refractivity contribution in [2.24, 2.45) is 5.73 Å². The summed E-state index contributed by atoms with van der Waals surface area (Å²) in [5.41, 5.74) is 6.87. The van der Waals surface area contributed by atoms with Gasteiger partial charge in [0.15, 0.2) is 0 Å². The van der Waals surface area contributed by atoms with Crippen molar-refractivity contribution in [3.63, 3.8) is 0 Å². The Kier molecular flexibility index (Phi) is 4.69. The molecule has 1 atom stereocenters. The number of nitrogens with one attached hydrogen (secondary N) is 1. The van der Waals surface area contributed by atoms with Crippen LogP contribution in [0.15, 0.2) is 24.3 Å². The fraction of sp³-hybridized carbons (Fsp3) is 0.385.